The Hall–Kier alpha value is -3.00. The second kappa shape index (κ2) is 8.13. The second-order valence-corrected chi connectivity index (χ2v) is 6.52. The Morgan fingerprint density at radius 3 is 2.70 bits per heavy atom. The number of ether oxygens (including phenoxy) is 2. The first kappa shape index (κ1) is 18.8. The Kier molecular flexibility index (Phi) is 5.66. The molecular formula is C19H17FN2O4S. The molecule has 0 spiro atoms. The van der Waals surface area contributed by atoms with Crippen LogP contribution in [0.2, 0.25) is 0 Å². The average Bonchev–Trinajstić information content (AvgIpc) is 3.00. The first-order valence-electron chi connectivity index (χ1n) is 8.20. The van der Waals surface area contributed by atoms with Gasteiger partial charge in [0.2, 0.25) is 0 Å². The zero-order chi connectivity index (χ0) is 19.4. The number of aromatic nitrogens is 1. The van der Waals surface area contributed by atoms with Crippen LogP contribution in [-0.2, 0) is 16.1 Å². The van der Waals surface area contributed by atoms with E-state index < -0.39 is 17.7 Å². The Morgan fingerprint density at radius 1 is 1.22 bits per heavy atom. The number of hydrogen-bond acceptors (Lipinski definition) is 5. The van der Waals surface area contributed by atoms with Gasteiger partial charge in [0.15, 0.2) is 4.80 Å². The Morgan fingerprint density at radius 2 is 2.00 bits per heavy atom. The zero-order valence-corrected chi connectivity index (χ0v) is 15.6. The van der Waals surface area contributed by atoms with Crippen LogP contribution < -0.4 is 9.54 Å². The van der Waals surface area contributed by atoms with Crippen molar-refractivity contribution in [1.29, 1.82) is 0 Å². The van der Waals surface area contributed by atoms with Crippen molar-refractivity contribution in [2.24, 2.45) is 4.99 Å². The van der Waals surface area contributed by atoms with Crippen molar-refractivity contribution in [2.75, 3.05) is 13.7 Å². The lowest BCUT2D eigenvalue weighted by Crippen LogP contribution is -2.22. The molecule has 0 aliphatic rings. The molecule has 0 aliphatic carbocycles. The summed E-state index contributed by atoms with van der Waals surface area (Å²) in [6, 6.07) is 10.8. The van der Waals surface area contributed by atoms with E-state index in [9.17, 15) is 14.0 Å². The molecule has 0 unspecified atom stereocenters. The monoisotopic (exact) mass is 388 g/mol. The van der Waals surface area contributed by atoms with Gasteiger partial charge in [-0.3, -0.25) is 9.59 Å². The number of carbonyl (C=O) groups is 2. The predicted molar refractivity (Wildman–Crippen MR) is 99.3 cm³/mol. The summed E-state index contributed by atoms with van der Waals surface area (Å²) in [5.41, 5.74) is 0.780. The van der Waals surface area contributed by atoms with E-state index in [1.807, 2.05) is 19.1 Å². The molecule has 8 heteroatoms. The van der Waals surface area contributed by atoms with E-state index in [1.165, 1.54) is 36.6 Å². The number of fused-ring (bicyclic) bond motifs is 1. The first-order valence-corrected chi connectivity index (χ1v) is 9.01. The molecule has 6 nitrogen and oxygen atoms in total. The highest BCUT2D eigenvalue weighted by Gasteiger charge is 2.16. The minimum absolute atomic E-state index is 0.127. The third-order valence-electron chi connectivity index (χ3n) is 3.75. The third kappa shape index (κ3) is 4.06. The fourth-order valence-electron chi connectivity index (χ4n) is 2.57. The van der Waals surface area contributed by atoms with Gasteiger partial charge in [0.25, 0.3) is 5.91 Å². The van der Waals surface area contributed by atoms with Crippen LogP contribution in [0.15, 0.2) is 47.5 Å². The highest BCUT2D eigenvalue weighted by atomic mass is 32.1. The van der Waals surface area contributed by atoms with Gasteiger partial charge in [-0.05, 0) is 37.3 Å². The fourth-order valence-corrected chi connectivity index (χ4v) is 3.61. The summed E-state index contributed by atoms with van der Waals surface area (Å²) in [6.45, 7) is 2.17. The molecular weight excluding hydrogens is 371 g/mol. The zero-order valence-electron chi connectivity index (χ0n) is 14.8. The molecule has 1 heterocycles. The normalized spacial score (nSPS) is 11.6. The van der Waals surface area contributed by atoms with E-state index in [2.05, 4.69) is 4.99 Å². The van der Waals surface area contributed by atoms with Crippen LogP contribution in [-0.4, -0.2) is 30.2 Å². The molecule has 0 bridgehead atoms. The SMILES string of the molecule is CCOc1cccc2sc(=NC(=O)c3cccc(F)c3)n(CC(=O)OC)c12. The van der Waals surface area contributed by atoms with E-state index in [1.54, 1.807) is 10.6 Å². The Labute approximate surface area is 158 Å². The van der Waals surface area contributed by atoms with Crippen LogP contribution in [0.4, 0.5) is 4.39 Å². The molecule has 0 N–H and O–H groups in total. The maximum atomic E-state index is 13.4. The van der Waals surface area contributed by atoms with Gasteiger partial charge in [-0.25, -0.2) is 4.39 Å². The number of para-hydroxylation sites is 1. The minimum atomic E-state index is -0.599. The molecule has 0 aliphatic heterocycles. The van der Waals surface area contributed by atoms with Crippen molar-refractivity contribution in [2.45, 2.75) is 13.5 Å². The summed E-state index contributed by atoms with van der Waals surface area (Å²) in [5.74, 6) is -1.03. The standard InChI is InChI=1S/C19H17FN2O4S/c1-3-26-14-8-5-9-15-17(14)22(11-16(23)25-2)19(27-15)21-18(24)12-6-4-7-13(20)10-12/h4-10H,3,11H2,1-2H3. The Bertz CT molecular complexity index is 1070. The number of amides is 1. The van der Waals surface area contributed by atoms with Gasteiger partial charge in [0.05, 0.1) is 18.4 Å². The van der Waals surface area contributed by atoms with Gasteiger partial charge in [-0.2, -0.15) is 4.99 Å². The largest absolute Gasteiger partial charge is 0.492 e. The number of esters is 1. The Balaban J connectivity index is 2.19. The van der Waals surface area contributed by atoms with Crippen LogP contribution >= 0.6 is 11.3 Å². The van der Waals surface area contributed by atoms with E-state index >= 15 is 0 Å². The quantitative estimate of drug-likeness (QED) is 0.630. The molecule has 1 amide bonds. The maximum Gasteiger partial charge on any atom is 0.325 e. The number of nitrogens with zero attached hydrogens (tertiary/aromatic N) is 2. The lowest BCUT2D eigenvalue weighted by atomic mass is 10.2. The second-order valence-electron chi connectivity index (χ2n) is 5.51. The lowest BCUT2D eigenvalue weighted by molar-refractivity contribution is -0.141. The van der Waals surface area contributed by atoms with Crippen LogP contribution in [0.3, 0.4) is 0 Å². The number of rotatable bonds is 5. The molecule has 1 aromatic heterocycles. The summed E-state index contributed by atoms with van der Waals surface area (Å²) in [4.78, 5) is 28.8. The number of hydrogen-bond donors (Lipinski definition) is 0. The summed E-state index contributed by atoms with van der Waals surface area (Å²) >= 11 is 1.24. The van der Waals surface area contributed by atoms with E-state index in [0.717, 1.165) is 10.8 Å². The minimum Gasteiger partial charge on any atom is -0.492 e. The van der Waals surface area contributed by atoms with Gasteiger partial charge in [-0.15, -0.1) is 0 Å². The van der Waals surface area contributed by atoms with Crippen LogP contribution in [0.5, 0.6) is 5.75 Å². The fraction of sp³-hybridized carbons (Fsp3) is 0.211. The van der Waals surface area contributed by atoms with Gasteiger partial charge in [-0.1, -0.05) is 23.5 Å². The predicted octanol–water partition coefficient (Wildman–Crippen LogP) is 3.15. The molecule has 140 valence electrons. The van der Waals surface area contributed by atoms with Crippen LogP contribution in [0, 0.1) is 5.82 Å². The van der Waals surface area contributed by atoms with Gasteiger partial charge < -0.3 is 14.0 Å². The summed E-state index contributed by atoms with van der Waals surface area (Å²) in [5, 5.41) is 0. The lowest BCUT2D eigenvalue weighted by Gasteiger charge is -2.08. The topological polar surface area (TPSA) is 69.9 Å². The molecule has 27 heavy (non-hydrogen) atoms. The molecule has 0 radical (unpaired) electrons. The van der Waals surface area contributed by atoms with Crippen LogP contribution in [0.1, 0.15) is 17.3 Å². The van der Waals surface area contributed by atoms with E-state index in [0.29, 0.717) is 22.7 Å². The first-order chi connectivity index (χ1) is 13.0. The van der Waals surface area contributed by atoms with Crippen molar-refractivity contribution in [3.05, 3.63) is 58.6 Å². The molecule has 0 fully saturated rings. The molecule has 3 rings (SSSR count). The number of halogens is 1. The summed E-state index contributed by atoms with van der Waals surface area (Å²) in [7, 11) is 1.29. The molecule has 3 aromatic rings. The smallest absolute Gasteiger partial charge is 0.325 e. The van der Waals surface area contributed by atoms with Crippen LogP contribution in [0.25, 0.3) is 10.2 Å². The third-order valence-corrected chi connectivity index (χ3v) is 4.79. The molecule has 0 saturated carbocycles. The molecule has 0 atom stereocenters. The summed E-state index contributed by atoms with van der Waals surface area (Å²) in [6.07, 6.45) is 0. The van der Waals surface area contributed by atoms with Crippen molar-refractivity contribution >= 4 is 33.4 Å². The number of benzene rings is 2. The van der Waals surface area contributed by atoms with Gasteiger partial charge in [0.1, 0.15) is 23.6 Å². The highest BCUT2D eigenvalue weighted by molar-refractivity contribution is 7.16. The number of thiazole rings is 1. The summed E-state index contributed by atoms with van der Waals surface area (Å²) < 4.78 is 26.2. The van der Waals surface area contributed by atoms with E-state index in [4.69, 9.17) is 9.47 Å². The van der Waals surface area contributed by atoms with Crippen molar-refractivity contribution in [3.63, 3.8) is 0 Å². The highest BCUT2D eigenvalue weighted by Crippen LogP contribution is 2.27. The average molecular weight is 388 g/mol. The maximum absolute atomic E-state index is 13.4. The molecule has 2 aromatic carbocycles. The van der Waals surface area contributed by atoms with Gasteiger partial charge in [0, 0.05) is 5.56 Å². The van der Waals surface area contributed by atoms with E-state index in [-0.39, 0.29) is 12.1 Å². The molecule has 0 saturated heterocycles. The number of carbonyl (C=O) groups excluding carboxylic acids is 2. The van der Waals surface area contributed by atoms with Crippen molar-refractivity contribution in [1.82, 2.24) is 4.57 Å². The number of methoxy groups -OCH3 is 1. The van der Waals surface area contributed by atoms with Crippen molar-refractivity contribution in [3.8, 4) is 5.75 Å². The van der Waals surface area contributed by atoms with Crippen molar-refractivity contribution < 1.29 is 23.5 Å². The van der Waals surface area contributed by atoms with Gasteiger partial charge >= 0.3 is 5.97 Å².